The molecule has 35 heavy (non-hydrogen) atoms. The number of likely N-dealkylation sites (tertiary alicyclic amines) is 2. The molecule has 1 aromatic rings. The molecule has 2 aliphatic heterocycles. The SMILES string of the molecule is CC(C)(C)OC(=O)N1CC(O[Si](C)(C)C(C)(C)C)C[C@H]1C(O)C1CCN(Cc2ccccc2)CC1. The van der Waals surface area contributed by atoms with Crippen LogP contribution in [0.3, 0.4) is 0 Å². The summed E-state index contributed by atoms with van der Waals surface area (Å²) in [5.74, 6) is 0.170. The van der Waals surface area contributed by atoms with Crippen molar-refractivity contribution in [3.05, 3.63) is 35.9 Å². The Morgan fingerprint density at radius 1 is 1.09 bits per heavy atom. The van der Waals surface area contributed by atoms with Gasteiger partial charge < -0.3 is 14.3 Å². The van der Waals surface area contributed by atoms with E-state index in [9.17, 15) is 9.90 Å². The van der Waals surface area contributed by atoms with Crippen LogP contribution in [0.5, 0.6) is 0 Å². The van der Waals surface area contributed by atoms with Crippen molar-refractivity contribution in [2.45, 2.75) is 109 Å². The highest BCUT2D eigenvalue weighted by Gasteiger charge is 2.47. The summed E-state index contributed by atoms with van der Waals surface area (Å²) in [6, 6.07) is 10.3. The topological polar surface area (TPSA) is 62.2 Å². The van der Waals surface area contributed by atoms with Gasteiger partial charge in [-0.15, -0.1) is 0 Å². The van der Waals surface area contributed by atoms with E-state index in [2.05, 4.69) is 63.0 Å². The Morgan fingerprint density at radius 2 is 1.69 bits per heavy atom. The Balaban J connectivity index is 1.67. The fraction of sp³-hybridized carbons (Fsp3) is 0.750. The van der Waals surface area contributed by atoms with Crippen LogP contribution in [0.25, 0.3) is 0 Å². The first-order valence-electron chi connectivity index (χ1n) is 13.3. The molecule has 0 saturated carbocycles. The van der Waals surface area contributed by atoms with Gasteiger partial charge in [-0.1, -0.05) is 51.1 Å². The number of rotatable bonds is 6. The molecule has 198 valence electrons. The van der Waals surface area contributed by atoms with E-state index in [1.165, 1.54) is 5.56 Å². The number of nitrogens with zero attached hydrogens (tertiary/aromatic N) is 2. The number of carbonyl (C=O) groups is 1. The van der Waals surface area contributed by atoms with Crippen LogP contribution in [0.4, 0.5) is 4.79 Å². The van der Waals surface area contributed by atoms with Crippen molar-refractivity contribution >= 4 is 14.4 Å². The number of amides is 1. The Labute approximate surface area is 214 Å². The molecular formula is C28H48N2O4Si. The molecule has 1 aromatic carbocycles. The first-order valence-corrected chi connectivity index (χ1v) is 16.2. The third kappa shape index (κ3) is 7.54. The van der Waals surface area contributed by atoms with Gasteiger partial charge in [0.05, 0.1) is 18.2 Å². The number of piperidine rings is 1. The van der Waals surface area contributed by atoms with E-state index in [4.69, 9.17) is 9.16 Å². The van der Waals surface area contributed by atoms with E-state index < -0.39 is 20.0 Å². The van der Waals surface area contributed by atoms with Crippen LogP contribution in [0.2, 0.25) is 18.1 Å². The zero-order chi connectivity index (χ0) is 26.0. The van der Waals surface area contributed by atoms with E-state index >= 15 is 0 Å². The van der Waals surface area contributed by atoms with Gasteiger partial charge in [0.2, 0.25) is 0 Å². The van der Waals surface area contributed by atoms with Gasteiger partial charge in [-0.05, 0) is 82.7 Å². The average molecular weight is 505 g/mol. The molecule has 2 aliphatic rings. The Hall–Kier alpha value is -1.41. The maximum absolute atomic E-state index is 13.2. The lowest BCUT2D eigenvalue weighted by Gasteiger charge is -2.38. The second-order valence-corrected chi connectivity index (χ2v) is 17.8. The first kappa shape index (κ1) is 28.2. The van der Waals surface area contributed by atoms with Crippen LogP contribution in [-0.4, -0.2) is 72.8 Å². The highest BCUT2D eigenvalue weighted by Crippen LogP contribution is 2.40. The van der Waals surface area contributed by atoms with Crippen LogP contribution >= 0.6 is 0 Å². The van der Waals surface area contributed by atoms with E-state index in [0.717, 1.165) is 32.5 Å². The summed E-state index contributed by atoms with van der Waals surface area (Å²) in [6.45, 7) is 20.2. The zero-order valence-corrected chi connectivity index (χ0v) is 24.2. The number of hydrogen-bond acceptors (Lipinski definition) is 5. The Bertz CT molecular complexity index is 826. The van der Waals surface area contributed by atoms with Gasteiger partial charge in [-0.25, -0.2) is 4.79 Å². The minimum atomic E-state index is -2.00. The predicted molar refractivity (Wildman–Crippen MR) is 144 cm³/mol. The van der Waals surface area contributed by atoms with E-state index in [-0.39, 0.29) is 29.2 Å². The molecule has 1 amide bonds. The van der Waals surface area contributed by atoms with Gasteiger partial charge in [0.1, 0.15) is 5.60 Å². The van der Waals surface area contributed by atoms with Crippen LogP contribution in [0.15, 0.2) is 30.3 Å². The van der Waals surface area contributed by atoms with Crippen LogP contribution < -0.4 is 0 Å². The Kier molecular flexibility index (Phi) is 8.78. The molecule has 6 nitrogen and oxygen atoms in total. The summed E-state index contributed by atoms with van der Waals surface area (Å²) in [5.41, 5.74) is 0.748. The maximum atomic E-state index is 13.2. The quantitative estimate of drug-likeness (QED) is 0.507. The summed E-state index contributed by atoms with van der Waals surface area (Å²) in [7, 11) is -2.00. The lowest BCUT2D eigenvalue weighted by Crippen LogP contribution is -2.49. The summed E-state index contributed by atoms with van der Waals surface area (Å²) in [5, 5.41) is 11.6. The van der Waals surface area contributed by atoms with Gasteiger partial charge in [-0.3, -0.25) is 9.80 Å². The summed E-state index contributed by atoms with van der Waals surface area (Å²) >= 11 is 0. The molecular weight excluding hydrogens is 456 g/mol. The van der Waals surface area contributed by atoms with Crippen molar-refractivity contribution in [3.63, 3.8) is 0 Å². The normalized spacial score (nSPS) is 24.0. The fourth-order valence-corrected chi connectivity index (χ4v) is 6.33. The minimum absolute atomic E-state index is 0.0683. The smallest absolute Gasteiger partial charge is 0.410 e. The monoisotopic (exact) mass is 504 g/mol. The van der Waals surface area contributed by atoms with Gasteiger partial charge in [0, 0.05) is 13.1 Å². The number of benzene rings is 1. The van der Waals surface area contributed by atoms with Gasteiger partial charge in [-0.2, -0.15) is 0 Å². The van der Waals surface area contributed by atoms with Crippen LogP contribution in [0.1, 0.15) is 66.4 Å². The molecule has 2 fully saturated rings. The van der Waals surface area contributed by atoms with Gasteiger partial charge >= 0.3 is 6.09 Å². The third-order valence-electron chi connectivity index (χ3n) is 7.96. The van der Waals surface area contributed by atoms with Crippen molar-refractivity contribution in [2.75, 3.05) is 19.6 Å². The molecule has 7 heteroatoms. The first-order chi connectivity index (χ1) is 16.2. The largest absolute Gasteiger partial charge is 0.444 e. The number of aliphatic hydroxyl groups excluding tert-OH is 1. The van der Waals surface area contributed by atoms with Gasteiger partial charge in [0.15, 0.2) is 8.32 Å². The maximum Gasteiger partial charge on any atom is 0.410 e. The summed E-state index contributed by atoms with van der Waals surface area (Å²) < 4.78 is 12.4. The zero-order valence-electron chi connectivity index (χ0n) is 23.2. The van der Waals surface area contributed by atoms with Crippen LogP contribution in [0, 0.1) is 5.92 Å². The van der Waals surface area contributed by atoms with Crippen molar-refractivity contribution in [1.29, 1.82) is 0 Å². The van der Waals surface area contributed by atoms with Crippen LogP contribution in [-0.2, 0) is 15.7 Å². The van der Waals surface area contributed by atoms with Crippen molar-refractivity contribution in [2.24, 2.45) is 5.92 Å². The van der Waals surface area contributed by atoms with Crippen molar-refractivity contribution in [3.8, 4) is 0 Å². The minimum Gasteiger partial charge on any atom is -0.444 e. The summed E-state index contributed by atoms with van der Waals surface area (Å²) in [4.78, 5) is 17.4. The standard InChI is InChI=1S/C28H48N2O4Si/c1-27(2,3)33-26(32)30-20-23(34-35(7,8)28(4,5)6)18-24(30)25(31)22-14-16-29(17-15-22)19-21-12-10-9-11-13-21/h9-13,22-25,31H,14-20H2,1-8H3/t23?,24-,25?/m0/s1. The highest BCUT2D eigenvalue weighted by atomic mass is 28.4. The van der Waals surface area contributed by atoms with Gasteiger partial charge in [0.25, 0.3) is 0 Å². The fourth-order valence-electron chi connectivity index (χ4n) is 4.97. The number of ether oxygens (including phenoxy) is 1. The lowest BCUT2D eigenvalue weighted by atomic mass is 9.86. The molecule has 2 heterocycles. The molecule has 0 aliphatic carbocycles. The molecule has 0 bridgehead atoms. The Morgan fingerprint density at radius 3 is 2.23 bits per heavy atom. The van der Waals surface area contributed by atoms with Crippen molar-refractivity contribution < 1.29 is 19.1 Å². The highest BCUT2D eigenvalue weighted by molar-refractivity contribution is 6.74. The number of carbonyl (C=O) groups excluding carboxylic acids is 1. The number of aliphatic hydroxyl groups is 1. The molecule has 2 unspecified atom stereocenters. The molecule has 2 saturated heterocycles. The lowest BCUT2D eigenvalue weighted by molar-refractivity contribution is -0.0184. The molecule has 0 aromatic heterocycles. The van der Waals surface area contributed by atoms with E-state index in [1.54, 1.807) is 4.90 Å². The van der Waals surface area contributed by atoms with Crippen molar-refractivity contribution in [1.82, 2.24) is 9.80 Å². The van der Waals surface area contributed by atoms with E-state index in [1.807, 2.05) is 26.8 Å². The molecule has 1 N–H and O–H groups in total. The second-order valence-electron chi connectivity index (χ2n) is 13.0. The molecule has 0 radical (unpaired) electrons. The number of hydrogen-bond donors (Lipinski definition) is 1. The predicted octanol–water partition coefficient (Wildman–Crippen LogP) is 5.66. The third-order valence-corrected chi connectivity index (χ3v) is 12.5. The average Bonchev–Trinajstić information content (AvgIpc) is 3.16. The van der Waals surface area contributed by atoms with E-state index in [0.29, 0.717) is 13.0 Å². The molecule has 0 spiro atoms. The summed E-state index contributed by atoms with van der Waals surface area (Å²) in [6.07, 6.45) is 1.54. The molecule has 3 rings (SSSR count). The second kappa shape index (κ2) is 10.9. The molecule has 3 atom stereocenters.